The van der Waals surface area contributed by atoms with Gasteiger partial charge >= 0.3 is 0 Å². The molecule has 1 saturated heterocycles. The molecule has 5 rings (SSSR count). The first kappa shape index (κ1) is 16.0. The van der Waals surface area contributed by atoms with Crippen molar-refractivity contribution in [3.63, 3.8) is 0 Å². The van der Waals surface area contributed by atoms with Gasteiger partial charge in [0.1, 0.15) is 5.69 Å². The predicted molar refractivity (Wildman–Crippen MR) is 99.7 cm³/mol. The van der Waals surface area contributed by atoms with Crippen LogP contribution in [0.25, 0.3) is 22.5 Å². The van der Waals surface area contributed by atoms with Crippen LogP contribution in [0.4, 0.5) is 0 Å². The lowest BCUT2D eigenvalue weighted by atomic mass is 10.1. The Kier molecular flexibility index (Phi) is 4.06. The van der Waals surface area contributed by atoms with Crippen LogP contribution in [-0.2, 0) is 6.54 Å². The summed E-state index contributed by atoms with van der Waals surface area (Å²) in [6, 6.07) is 10.4. The zero-order chi connectivity index (χ0) is 18.1. The lowest BCUT2D eigenvalue weighted by Gasteiger charge is -2.16. The van der Waals surface area contributed by atoms with E-state index in [1.54, 1.807) is 18.6 Å². The van der Waals surface area contributed by atoms with Crippen LogP contribution in [0.15, 0.2) is 59.5 Å². The number of hydrogen-bond donors (Lipinski definition) is 0. The molecule has 0 radical (unpaired) electrons. The molecule has 1 fully saturated rings. The molecule has 0 saturated carbocycles. The van der Waals surface area contributed by atoms with Crippen LogP contribution in [0.5, 0.6) is 0 Å². The van der Waals surface area contributed by atoms with Gasteiger partial charge in [0, 0.05) is 37.1 Å². The fraction of sp³-hybridized carbons (Fsp3) is 0.250. The van der Waals surface area contributed by atoms with Crippen molar-refractivity contribution in [2.24, 2.45) is 0 Å². The number of nitrogens with zero attached hydrogens (tertiary/aromatic N) is 6. The van der Waals surface area contributed by atoms with Gasteiger partial charge in [-0.05, 0) is 30.7 Å². The van der Waals surface area contributed by atoms with Gasteiger partial charge in [-0.3, -0.25) is 14.9 Å². The van der Waals surface area contributed by atoms with Crippen LogP contribution in [0.1, 0.15) is 23.8 Å². The zero-order valence-corrected chi connectivity index (χ0v) is 14.7. The molecule has 1 aromatic carbocycles. The van der Waals surface area contributed by atoms with Crippen LogP contribution in [0, 0.1) is 0 Å². The third-order valence-corrected chi connectivity index (χ3v) is 4.97. The van der Waals surface area contributed by atoms with Gasteiger partial charge in [0.2, 0.25) is 5.89 Å². The van der Waals surface area contributed by atoms with E-state index in [9.17, 15) is 0 Å². The summed E-state index contributed by atoms with van der Waals surface area (Å²) in [6.07, 6.45) is 7.72. The van der Waals surface area contributed by atoms with E-state index in [0.29, 0.717) is 17.5 Å². The molecule has 0 unspecified atom stereocenters. The summed E-state index contributed by atoms with van der Waals surface area (Å²) in [5, 5.41) is 9.59. The Balaban J connectivity index is 1.31. The number of benzene rings is 1. The summed E-state index contributed by atoms with van der Waals surface area (Å²) < 4.78 is 5.86. The second-order valence-electron chi connectivity index (χ2n) is 6.74. The molecular formula is C20H18N6O. The van der Waals surface area contributed by atoms with E-state index in [4.69, 9.17) is 4.42 Å². The highest BCUT2D eigenvalue weighted by atomic mass is 16.4. The van der Waals surface area contributed by atoms with Crippen molar-refractivity contribution in [3.8, 4) is 11.6 Å². The average Bonchev–Trinajstić information content (AvgIpc) is 3.39. The maximum atomic E-state index is 5.86. The van der Waals surface area contributed by atoms with Gasteiger partial charge in [-0.15, -0.1) is 10.2 Å². The number of likely N-dealkylation sites (tertiary alicyclic amines) is 1. The Hall–Kier alpha value is -3.19. The summed E-state index contributed by atoms with van der Waals surface area (Å²) in [4.78, 5) is 15.1. The topological polar surface area (TPSA) is 80.8 Å². The van der Waals surface area contributed by atoms with E-state index in [1.807, 2.05) is 12.3 Å². The molecule has 134 valence electrons. The molecule has 0 aliphatic carbocycles. The molecule has 4 aromatic rings. The second kappa shape index (κ2) is 6.85. The maximum absolute atomic E-state index is 5.86. The number of fused-ring (bicyclic) bond motifs is 1. The summed E-state index contributed by atoms with van der Waals surface area (Å²) in [6.45, 7) is 2.80. The molecule has 27 heavy (non-hydrogen) atoms. The Labute approximate surface area is 156 Å². The SMILES string of the molecule is c1cc(CN2CC[C@@H](c3nnc(-c4cnccn4)o3)C2)c2cccnc2c1. The monoisotopic (exact) mass is 358 g/mol. The fourth-order valence-corrected chi connectivity index (χ4v) is 3.64. The molecule has 4 heterocycles. The predicted octanol–water partition coefficient (Wildman–Crippen LogP) is 3.06. The first-order chi connectivity index (χ1) is 13.4. The summed E-state index contributed by atoms with van der Waals surface area (Å²) >= 11 is 0. The van der Waals surface area contributed by atoms with Gasteiger partial charge in [-0.2, -0.15) is 0 Å². The van der Waals surface area contributed by atoms with Crippen molar-refractivity contribution in [2.75, 3.05) is 13.1 Å². The van der Waals surface area contributed by atoms with Gasteiger partial charge in [0.15, 0.2) is 0 Å². The minimum Gasteiger partial charge on any atom is -0.419 e. The Morgan fingerprint density at radius 1 is 1.04 bits per heavy atom. The van der Waals surface area contributed by atoms with Crippen LogP contribution >= 0.6 is 0 Å². The van der Waals surface area contributed by atoms with Gasteiger partial charge < -0.3 is 4.42 Å². The number of pyridine rings is 1. The molecule has 1 atom stereocenters. The third kappa shape index (κ3) is 3.17. The van der Waals surface area contributed by atoms with Gasteiger partial charge in [0.05, 0.1) is 17.6 Å². The highest BCUT2D eigenvalue weighted by molar-refractivity contribution is 5.81. The number of rotatable bonds is 4. The van der Waals surface area contributed by atoms with E-state index < -0.39 is 0 Å². The highest BCUT2D eigenvalue weighted by Gasteiger charge is 2.28. The zero-order valence-electron chi connectivity index (χ0n) is 14.7. The number of aromatic nitrogens is 5. The molecule has 7 heteroatoms. The molecule has 7 nitrogen and oxygen atoms in total. The lowest BCUT2D eigenvalue weighted by molar-refractivity contribution is 0.321. The molecule has 1 aliphatic heterocycles. The van der Waals surface area contributed by atoms with Crippen molar-refractivity contribution < 1.29 is 4.42 Å². The van der Waals surface area contributed by atoms with E-state index >= 15 is 0 Å². The molecule has 0 bridgehead atoms. The first-order valence-corrected chi connectivity index (χ1v) is 9.01. The Bertz CT molecular complexity index is 1060. The van der Waals surface area contributed by atoms with Crippen molar-refractivity contribution in [3.05, 3.63) is 66.6 Å². The molecule has 0 spiro atoms. The van der Waals surface area contributed by atoms with Crippen LogP contribution in [-0.4, -0.2) is 43.1 Å². The van der Waals surface area contributed by atoms with Gasteiger partial charge in [0.25, 0.3) is 5.89 Å². The average molecular weight is 358 g/mol. The molecule has 3 aromatic heterocycles. The molecule has 0 N–H and O–H groups in total. The minimum atomic E-state index is 0.246. The third-order valence-electron chi connectivity index (χ3n) is 4.97. The van der Waals surface area contributed by atoms with Crippen LogP contribution < -0.4 is 0 Å². The largest absolute Gasteiger partial charge is 0.419 e. The normalized spacial score (nSPS) is 17.6. The van der Waals surface area contributed by atoms with Gasteiger partial charge in [-0.1, -0.05) is 18.2 Å². The molecular weight excluding hydrogens is 340 g/mol. The second-order valence-corrected chi connectivity index (χ2v) is 6.74. The smallest absolute Gasteiger partial charge is 0.267 e. The Morgan fingerprint density at radius 3 is 2.96 bits per heavy atom. The summed E-state index contributed by atoms with van der Waals surface area (Å²) in [7, 11) is 0. The fourth-order valence-electron chi connectivity index (χ4n) is 3.64. The molecule has 0 amide bonds. The first-order valence-electron chi connectivity index (χ1n) is 9.01. The van der Waals surface area contributed by atoms with Crippen LogP contribution in [0.2, 0.25) is 0 Å². The van der Waals surface area contributed by atoms with Crippen LogP contribution in [0.3, 0.4) is 0 Å². The Morgan fingerprint density at radius 2 is 2.04 bits per heavy atom. The van der Waals surface area contributed by atoms with E-state index in [-0.39, 0.29) is 5.92 Å². The van der Waals surface area contributed by atoms with Crippen molar-refractivity contribution >= 4 is 10.9 Å². The summed E-state index contributed by atoms with van der Waals surface area (Å²) in [5.41, 5.74) is 2.94. The summed E-state index contributed by atoms with van der Waals surface area (Å²) in [5.74, 6) is 1.35. The van der Waals surface area contributed by atoms with Gasteiger partial charge in [-0.25, -0.2) is 4.98 Å². The van der Waals surface area contributed by atoms with E-state index in [1.165, 1.54) is 10.9 Å². The maximum Gasteiger partial charge on any atom is 0.267 e. The quantitative estimate of drug-likeness (QED) is 0.554. The van der Waals surface area contributed by atoms with E-state index in [2.05, 4.69) is 54.3 Å². The molecule has 1 aliphatic rings. The minimum absolute atomic E-state index is 0.246. The van der Waals surface area contributed by atoms with Crippen molar-refractivity contribution in [1.82, 2.24) is 30.0 Å². The van der Waals surface area contributed by atoms with Crippen molar-refractivity contribution in [1.29, 1.82) is 0 Å². The highest BCUT2D eigenvalue weighted by Crippen LogP contribution is 2.29. The van der Waals surface area contributed by atoms with Crippen molar-refractivity contribution in [2.45, 2.75) is 18.9 Å². The number of hydrogen-bond acceptors (Lipinski definition) is 7. The lowest BCUT2D eigenvalue weighted by Crippen LogP contribution is -2.20. The van der Waals surface area contributed by atoms with E-state index in [0.717, 1.165) is 31.6 Å². The standard InChI is InChI=1S/C20H18N6O/c1-3-14(16-4-2-7-22-17(16)5-1)12-26-10-6-15(13-26)19-24-25-20(27-19)18-11-21-8-9-23-18/h1-5,7-9,11,15H,6,10,12-13H2/t15-/m1/s1.